The number of rotatable bonds is 4. The van der Waals surface area contributed by atoms with E-state index < -0.39 is 16.1 Å². The van der Waals surface area contributed by atoms with Crippen molar-refractivity contribution in [1.82, 2.24) is 19.4 Å². The summed E-state index contributed by atoms with van der Waals surface area (Å²) in [5.41, 5.74) is 0.405. The van der Waals surface area contributed by atoms with Crippen molar-refractivity contribution in [3.05, 3.63) is 29.5 Å². The number of nitriles is 1. The predicted octanol–water partition coefficient (Wildman–Crippen LogP) is 0.795. The summed E-state index contributed by atoms with van der Waals surface area (Å²) < 4.78 is 37.4. The normalized spacial score (nSPS) is 18.5. The molecule has 0 N–H and O–H groups in total. The van der Waals surface area contributed by atoms with Gasteiger partial charge in [0.1, 0.15) is 22.8 Å². The Hall–Kier alpha value is -2.51. The lowest BCUT2D eigenvalue weighted by molar-refractivity contribution is 0.205. The van der Waals surface area contributed by atoms with Gasteiger partial charge in [-0.25, -0.2) is 18.4 Å². The van der Waals surface area contributed by atoms with Crippen LogP contribution in [-0.4, -0.2) is 47.0 Å². The van der Waals surface area contributed by atoms with Gasteiger partial charge in [0.25, 0.3) is 5.88 Å². The highest BCUT2D eigenvalue weighted by molar-refractivity contribution is 7.89. The van der Waals surface area contributed by atoms with Gasteiger partial charge in [-0.3, -0.25) is 0 Å². The van der Waals surface area contributed by atoms with Gasteiger partial charge in [-0.15, -0.1) is 0 Å². The van der Waals surface area contributed by atoms with Crippen LogP contribution in [0, 0.1) is 25.2 Å². The summed E-state index contributed by atoms with van der Waals surface area (Å²) in [6.45, 7) is 3.62. The number of nitrogens with zero attached hydrogens (tertiary/aromatic N) is 5. The summed E-state index contributed by atoms with van der Waals surface area (Å²) in [5, 5.41) is 12.7. The quantitative estimate of drug-likeness (QED) is 0.794. The molecule has 1 fully saturated rings. The van der Waals surface area contributed by atoms with Gasteiger partial charge in [0.15, 0.2) is 5.76 Å². The zero-order valence-corrected chi connectivity index (χ0v) is 13.9. The Balaban J connectivity index is 1.77. The standard InChI is InChI=1S/C14H15N5O4S/c1-9-13(10(2)23-18-9)24(20,21)19-6-3-11(8-19)22-14-12(7-15)16-4-5-17-14/h4-5,11H,3,6,8H2,1-2H3/t11-/m1/s1. The zero-order chi connectivity index (χ0) is 17.3. The fraction of sp³-hybridized carbons (Fsp3) is 0.429. The van der Waals surface area contributed by atoms with Gasteiger partial charge in [0.2, 0.25) is 15.7 Å². The second kappa shape index (κ2) is 6.18. The Morgan fingerprint density at radius 1 is 1.38 bits per heavy atom. The summed E-state index contributed by atoms with van der Waals surface area (Å²) in [4.78, 5) is 7.95. The lowest BCUT2D eigenvalue weighted by Crippen LogP contribution is -2.31. The van der Waals surface area contributed by atoms with E-state index in [-0.39, 0.29) is 28.8 Å². The topological polar surface area (TPSA) is 122 Å². The molecule has 3 heterocycles. The third-order valence-corrected chi connectivity index (χ3v) is 5.83. The van der Waals surface area contributed by atoms with Crippen molar-refractivity contribution in [3.8, 4) is 11.9 Å². The molecule has 126 valence electrons. The minimum absolute atomic E-state index is 0.0736. The Labute approximate surface area is 138 Å². The maximum absolute atomic E-state index is 12.7. The van der Waals surface area contributed by atoms with E-state index in [9.17, 15) is 8.42 Å². The highest BCUT2D eigenvalue weighted by atomic mass is 32.2. The molecule has 0 saturated carbocycles. The molecule has 3 rings (SSSR count). The van der Waals surface area contributed by atoms with Gasteiger partial charge in [0, 0.05) is 18.9 Å². The van der Waals surface area contributed by atoms with E-state index >= 15 is 0 Å². The van der Waals surface area contributed by atoms with Gasteiger partial charge >= 0.3 is 0 Å². The van der Waals surface area contributed by atoms with Gasteiger partial charge in [-0.05, 0) is 20.3 Å². The Morgan fingerprint density at radius 2 is 2.12 bits per heavy atom. The van der Waals surface area contributed by atoms with Crippen molar-refractivity contribution in [2.45, 2.75) is 31.3 Å². The maximum Gasteiger partial charge on any atom is 0.251 e. The van der Waals surface area contributed by atoms with Crippen LogP contribution in [0.5, 0.6) is 5.88 Å². The molecule has 1 saturated heterocycles. The van der Waals surface area contributed by atoms with E-state index in [1.165, 1.54) is 16.7 Å². The highest BCUT2D eigenvalue weighted by Crippen LogP contribution is 2.27. The Bertz CT molecular complexity index is 883. The van der Waals surface area contributed by atoms with Crippen molar-refractivity contribution >= 4 is 10.0 Å². The van der Waals surface area contributed by atoms with Crippen LogP contribution < -0.4 is 4.74 Å². The molecule has 0 radical (unpaired) electrons. The molecule has 0 aromatic carbocycles. The Kier molecular flexibility index (Phi) is 4.21. The molecule has 0 aliphatic carbocycles. The van der Waals surface area contributed by atoms with Crippen LogP contribution in [0.2, 0.25) is 0 Å². The molecule has 0 amide bonds. The average Bonchev–Trinajstić information content (AvgIpc) is 3.15. The SMILES string of the molecule is Cc1noc(C)c1S(=O)(=O)N1CC[C@@H](Oc2nccnc2C#N)C1. The monoisotopic (exact) mass is 349 g/mol. The molecule has 10 heteroatoms. The molecule has 1 aliphatic rings. The molecule has 2 aromatic heterocycles. The van der Waals surface area contributed by atoms with E-state index in [4.69, 9.17) is 14.5 Å². The van der Waals surface area contributed by atoms with Crippen LogP contribution in [0.15, 0.2) is 21.8 Å². The summed E-state index contributed by atoms with van der Waals surface area (Å²) in [5.74, 6) is 0.374. The maximum atomic E-state index is 12.7. The van der Waals surface area contributed by atoms with Gasteiger partial charge in [-0.2, -0.15) is 9.57 Å². The van der Waals surface area contributed by atoms with Crippen LogP contribution >= 0.6 is 0 Å². The van der Waals surface area contributed by atoms with E-state index in [0.717, 1.165) is 0 Å². The highest BCUT2D eigenvalue weighted by Gasteiger charge is 2.37. The second-order valence-corrected chi connectivity index (χ2v) is 7.24. The minimum atomic E-state index is -3.70. The smallest absolute Gasteiger partial charge is 0.251 e. The summed E-state index contributed by atoms with van der Waals surface area (Å²) in [6.07, 6.45) is 2.91. The van der Waals surface area contributed by atoms with Crippen LogP contribution in [-0.2, 0) is 10.0 Å². The summed E-state index contributed by atoms with van der Waals surface area (Å²) in [7, 11) is -3.70. The molecular weight excluding hydrogens is 334 g/mol. The summed E-state index contributed by atoms with van der Waals surface area (Å²) >= 11 is 0. The fourth-order valence-electron chi connectivity index (χ4n) is 2.63. The first-order chi connectivity index (χ1) is 11.4. The largest absolute Gasteiger partial charge is 0.471 e. The van der Waals surface area contributed by atoms with Crippen molar-refractivity contribution in [3.63, 3.8) is 0 Å². The first-order valence-electron chi connectivity index (χ1n) is 7.24. The lowest BCUT2D eigenvalue weighted by Gasteiger charge is -2.16. The second-order valence-electron chi connectivity index (χ2n) is 5.37. The number of hydrogen-bond donors (Lipinski definition) is 0. The molecule has 1 atom stereocenters. The predicted molar refractivity (Wildman–Crippen MR) is 80.5 cm³/mol. The van der Waals surface area contributed by atoms with Crippen molar-refractivity contribution in [2.75, 3.05) is 13.1 Å². The van der Waals surface area contributed by atoms with Crippen LogP contribution in [0.4, 0.5) is 0 Å². The first-order valence-corrected chi connectivity index (χ1v) is 8.68. The molecule has 2 aromatic rings. The van der Waals surface area contributed by atoms with Crippen molar-refractivity contribution in [1.29, 1.82) is 5.26 Å². The summed E-state index contributed by atoms with van der Waals surface area (Å²) in [6, 6.07) is 1.90. The van der Waals surface area contributed by atoms with Crippen LogP contribution in [0.3, 0.4) is 0 Å². The number of hydrogen-bond acceptors (Lipinski definition) is 8. The van der Waals surface area contributed by atoms with Gasteiger partial charge in [0.05, 0.1) is 6.54 Å². The van der Waals surface area contributed by atoms with Gasteiger partial charge < -0.3 is 9.26 Å². The Morgan fingerprint density at radius 3 is 2.79 bits per heavy atom. The molecular formula is C14H15N5O4S. The molecule has 0 spiro atoms. The fourth-order valence-corrected chi connectivity index (χ4v) is 4.41. The van der Waals surface area contributed by atoms with E-state index in [2.05, 4.69) is 15.1 Å². The number of ether oxygens (including phenoxy) is 1. The molecule has 1 aliphatic heterocycles. The lowest BCUT2D eigenvalue weighted by atomic mass is 10.3. The number of aromatic nitrogens is 3. The average molecular weight is 349 g/mol. The van der Waals surface area contributed by atoms with E-state index in [1.54, 1.807) is 13.8 Å². The van der Waals surface area contributed by atoms with Crippen LogP contribution in [0.1, 0.15) is 23.6 Å². The molecule has 0 bridgehead atoms. The van der Waals surface area contributed by atoms with Gasteiger partial charge in [-0.1, -0.05) is 5.16 Å². The third kappa shape index (κ3) is 2.83. The number of aryl methyl sites for hydroxylation is 2. The van der Waals surface area contributed by atoms with E-state index in [0.29, 0.717) is 18.7 Å². The molecule has 24 heavy (non-hydrogen) atoms. The minimum Gasteiger partial charge on any atom is -0.471 e. The van der Waals surface area contributed by atoms with Crippen molar-refractivity contribution in [2.24, 2.45) is 0 Å². The van der Waals surface area contributed by atoms with E-state index in [1.807, 2.05) is 6.07 Å². The molecule has 9 nitrogen and oxygen atoms in total. The third-order valence-electron chi connectivity index (χ3n) is 3.72. The molecule has 0 unspecified atom stereocenters. The number of sulfonamides is 1. The van der Waals surface area contributed by atoms with Crippen molar-refractivity contribution < 1.29 is 17.7 Å². The van der Waals surface area contributed by atoms with Crippen LogP contribution in [0.25, 0.3) is 0 Å². The zero-order valence-electron chi connectivity index (χ0n) is 13.1. The first kappa shape index (κ1) is 16.4.